The van der Waals surface area contributed by atoms with Gasteiger partial charge in [-0.05, 0) is 69.4 Å². The maximum Gasteiger partial charge on any atom is 0.271 e. The zero-order chi connectivity index (χ0) is 23.8. The molecule has 4 aromatic rings. The number of likely N-dealkylation sites (N-methyl/N-ethyl adjacent to an activating group) is 1. The predicted octanol–water partition coefficient (Wildman–Crippen LogP) is 4.61. The molecule has 0 spiro atoms. The lowest BCUT2D eigenvalue weighted by molar-refractivity contribution is 0.315. The van der Waals surface area contributed by atoms with Gasteiger partial charge in [0, 0.05) is 30.8 Å². The highest BCUT2D eigenvalue weighted by Crippen LogP contribution is 2.40. The SMILES string of the molecule is Cc1ccccc1-n1nc(-c2sc(N3CCC(N(C)C)C3)nc2-c2ccc(F)cc2)ccc1=O. The fourth-order valence-corrected chi connectivity index (χ4v) is 5.35. The summed E-state index contributed by atoms with van der Waals surface area (Å²) in [6.07, 6.45) is 1.07. The quantitative estimate of drug-likeness (QED) is 0.422. The van der Waals surface area contributed by atoms with E-state index in [1.807, 2.05) is 31.2 Å². The Morgan fingerprint density at radius 3 is 2.53 bits per heavy atom. The molecular formula is C26H26FN5OS. The third kappa shape index (κ3) is 4.26. The van der Waals surface area contributed by atoms with Gasteiger partial charge in [0.1, 0.15) is 11.5 Å². The molecule has 1 aliphatic heterocycles. The minimum atomic E-state index is -0.291. The van der Waals surface area contributed by atoms with Crippen LogP contribution < -0.4 is 10.5 Å². The summed E-state index contributed by atoms with van der Waals surface area (Å²) in [6, 6.07) is 17.8. The summed E-state index contributed by atoms with van der Waals surface area (Å²) in [6.45, 7) is 3.78. The largest absolute Gasteiger partial charge is 0.346 e. The molecule has 0 aliphatic carbocycles. The van der Waals surface area contributed by atoms with Crippen LogP contribution in [0.25, 0.3) is 27.5 Å². The summed E-state index contributed by atoms with van der Waals surface area (Å²) in [5.41, 5.74) is 3.74. The van der Waals surface area contributed by atoms with E-state index in [2.05, 4.69) is 23.9 Å². The molecule has 6 nitrogen and oxygen atoms in total. The Morgan fingerprint density at radius 1 is 1.06 bits per heavy atom. The zero-order valence-corrected chi connectivity index (χ0v) is 20.2. The molecule has 0 amide bonds. The Morgan fingerprint density at radius 2 is 1.82 bits per heavy atom. The number of thiazole rings is 1. The molecule has 8 heteroatoms. The van der Waals surface area contributed by atoms with Crippen LogP contribution in [0, 0.1) is 12.7 Å². The standard InChI is InChI=1S/C26H26FN5OS/c1-17-6-4-5-7-22(17)32-23(33)13-12-21(29-32)25-24(18-8-10-19(27)11-9-18)28-26(34-25)31-15-14-20(16-31)30(2)3/h4-13,20H,14-16H2,1-3H3. The predicted molar refractivity (Wildman–Crippen MR) is 135 cm³/mol. The number of para-hydroxylation sites is 1. The average molecular weight is 476 g/mol. The monoisotopic (exact) mass is 475 g/mol. The van der Waals surface area contributed by atoms with Crippen LogP contribution in [0.15, 0.2) is 65.5 Å². The van der Waals surface area contributed by atoms with Crippen molar-refractivity contribution in [2.75, 3.05) is 32.1 Å². The lowest BCUT2D eigenvalue weighted by Crippen LogP contribution is -2.31. The summed E-state index contributed by atoms with van der Waals surface area (Å²) in [5.74, 6) is -0.291. The van der Waals surface area contributed by atoms with Crippen molar-refractivity contribution < 1.29 is 4.39 Å². The number of rotatable bonds is 5. The normalized spacial score (nSPS) is 15.9. The van der Waals surface area contributed by atoms with Crippen molar-refractivity contribution in [3.8, 4) is 27.5 Å². The Kier molecular flexibility index (Phi) is 6.02. The second-order valence-electron chi connectivity index (χ2n) is 8.79. The molecule has 1 aliphatic rings. The van der Waals surface area contributed by atoms with E-state index in [1.54, 1.807) is 35.6 Å². The first-order valence-corrected chi connectivity index (χ1v) is 12.1. The van der Waals surface area contributed by atoms with Gasteiger partial charge < -0.3 is 9.80 Å². The molecule has 3 heterocycles. The van der Waals surface area contributed by atoms with Crippen LogP contribution in [0.4, 0.5) is 9.52 Å². The first kappa shape index (κ1) is 22.4. The number of benzene rings is 2. The van der Waals surface area contributed by atoms with Gasteiger partial charge in [-0.2, -0.15) is 9.78 Å². The minimum absolute atomic E-state index is 0.195. The van der Waals surface area contributed by atoms with Crippen LogP contribution in [0.5, 0.6) is 0 Å². The van der Waals surface area contributed by atoms with Gasteiger partial charge in [-0.15, -0.1) is 0 Å². The summed E-state index contributed by atoms with van der Waals surface area (Å²) in [7, 11) is 4.20. The second kappa shape index (κ2) is 9.12. The van der Waals surface area contributed by atoms with Crippen molar-refractivity contribution in [2.24, 2.45) is 0 Å². The zero-order valence-electron chi connectivity index (χ0n) is 19.4. The molecule has 1 atom stereocenters. The lowest BCUT2D eigenvalue weighted by Gasteiger charge is -2.19. The van der Waals surface area contributed by atoms with Crippen molar-refractivity contribution in [2.45, 2.75) is 19.4 Å². The highest BCUT2D eigenvalue weighted by atomic mass is 32.1. The molecule has 1 unspecified atom stereocenters. The van der Waals surface area contributed by atoms with Gasteiger partial charge in [-0.25, -0.2) is 9.37 Å². The Hall–Kier alpha value is -3.36. The van der Waals surface area contributed by atoms with E-state index < -0.39 is 0 Å². The Labute approximate surface area is 201 Å². The smallest absolute Gasteiger partial charge is 0.271 e. The lowest BCUT2D eigenvalue weighted by atomic mass is 10.1. The van der Waals surface area contributed by atoms with Crippen molar-refractivity contribution in [3.05, 3.63) is 82.4 Å². The molecule has 5 rings (SSSR count). The molecule has 1 saturated heterocycles. The second-order valence-corrected chi connectivity index (χ2v) is 9.77. The van der Waals surface area contributed by atoms with Crippen LogP contribution in [0.3, 0.4) is 0 Å². The topological polar surface area (TPSA) is 54.3 Å². The summed E-state index contributed by atoms with van der Waals surface area (Å²) in [5, 5.41) is 5.65. The van der Waals surface area contributed by atoms with E-state index in [9.17, 15) is 9.18 Å². The average Bonchev–Trinajstić information content (AvgIpc) is 3.48. The Balaban J connectivity index is 1.63. The number of halogens is 1. The van der Waals surface area contributed by atoms with Crippen LogP contribution in [0.1, 0.15) is 12.0 Å². The van der Waals surface area contributed by atoms with Crippen molar-refractivity contribution >= 4 is 16.5 Å². The number of aryl methyl sites for hydroxylation is 1. The molecule has 174 valence electrons. The van der Waals surface area contributed by atoms with Crippen molar-refractivity contribution in [3.63, 3.8) is 0 Å². The van der Waals surface area contributed by atoms with E-state index in [0.717, 1.165) is 52.0 Å². The van der Waals surface area contributed by atoms with Crippen LogP contribution in [0.2, 0.25) is 0 Å². The highest BCUT2D eigenvalue weighted by Gasteiger charge is 2.28. The first-order chi connectivity index (χ1) is 16.4. The molecule has 34 heavy (non-hydrogen) atoms. The number of nitrogens with zero attached hydrogens (tertiary/aromatic N) is 5. The molecule has 2 aromatic heterocycles. The maximum absolute atomic E-state index is 13.6. The molecule has 0 N–H and O–H groups in total. The highest BCUT2D eigenvalue weighted by molar-refractivity contribution is 7.19. The first-order valence-electron chi connectivity index (χ1n) is 11.3. The van der Waals surface area contributed by atoms with E-state index in [4.69, 9.17) is 10.1 Å². The molecule has 2 aromatic carbocycles. The van der Waals surface area contributed by atoms with Gasteiger partial charge in [0.2, 0.25) is 0 Å². The van der Waals surface area contributed by atoms with Crippen LogP contribution in [-0.4, -0.2) is 52.9 Å². The number of hydrogen-bond acceptors (Lipinski definition) is 6. The van der Waals surface area contributed by atoms with E-state index in [-0.39, 0.29) is 11.4 Å². The van der Waals surface area contributed by atoms with Crippen LogP contribution >= 0.6 is 11.3 Å². The number of aromatic nitrogens is 3. The maximum atomic E-state index is 13.6. The Bertz CT molecular complexity index is 1380. The van der Waals surface area contributed by atoms with Crippen LogP contribution in [-0.2, 0) is 0 Å². The third-order valence-electron chi connectivity index (χ3n) is 6.27. The van der Waals surface area contributed by atoms with Crippen molar-refractivity contribution in [1.82, 2.24) is 19.7 Å². The molecular weight excluding hydrogens is 449 g/mol. The number of anilines is 1. The van der Waals surface area contributed by atoms with E-state index in [0.29, 0.717) is 11.7 Å². The van der Waals surface area contributed by atoms with Gasteiger partial charge in [-0.3, -0.25) is 4.79 Å². The number of hydrogen-bond donors (Lipinski definition) is 0. The third-order valence-corrected chi connectivity index (χ3v) is 7.41. The molecule has 0 saturated carbocycles. The van der Waals surface area contributed by atoms with Gasteiger partial charge >= 0.3 is 0 Å². The van der Waals surface area contributed by atoms with Gasteiger partial charge in [-0.1, -0.05) is 29.5 Å². The fraction of sp³-hybridized carbons (Fsp3) is 0.269. The summed E-state index contributed by atoms with van der Waals surface area (Å²) in [4.78, 5) is 23.1. The van der Waals surface area contributed by atoms with Gasteiger partial charge in [0.25, 0.3) is 5.56 Å². The van der Waals surface area contributed by atoms with Gasteiger partial charge in [0.15, 0.2) is 5.13 Å². The molecule has 0 bridgehead atoms. The fourth-order valence-electron chi connectivity index (χ4n) is 4.26. The minimum Gasteiger partial charge on any atom is -0.346 e. The molecule has 1 fully saturated rings. The summed E-state index contributed by atoms with van der Waals surface area (Å²) < 4.78 is 15.1. The summed E-state index contributed by atoms with van der Waals surface area (Å²) >= 11 is 1.56. The van der Waals surface area contributed by atoms with E-state index in [1.165, 1.54) is 16.8 Å². The van der Waals surface area contributed by atoms with Crippen molar-refractivity contribution in [1.29, 1.82) is 0 Å². The molecule has 0 radical (unpaired) electrons. The van der Waals surface area contributed by atoms with E-state index >= 15 is 0 Å². The van der Waals surface area contributed by atoms with Gasteiger partial charge in [0.05, 0.1) is 16.3 Å².